The lowest BCUT2D eigenvalue weighted by Crippen LogP contribution is -2.49. The van der Waals surface area contributed by atoms with Gasteiger partial charge in [-0.25, -0.2) is 0 Å². The second kappa shape index (κ2) is 8.86. The van der Waals surface area contributed by atoms with Crippen LogP contribution in [0.15, 0.2) is 0 Å². The van der Waals surface area contributed by atoms with E-state index in [0.717, 1.165) is 0 Å². The van der Waals surface area contributed by atoms with Crippen LogP contribution < -0.4 is 21.7 Å². The van der Waals surface area contributed by atoms with Gasteiger partial charge in [0.05, 0.1) is 20.2 Å². The van der Waals surface area contributed by atoms with E-state index in [1.54, 1.807) is 0 Å². The molecule has 0 aromatic rings. The van der Waals surface area contributed by atoms with Gasteiger partial charge in [0.2, 0.25) is 17.7 Å². The summed E-state index contributed by atoms with van der Waals surface area (Å²) in [4.78, 5) is 44.4. The van der Waals surface area contributed by atoms with Crippen LogP contribution in [0.1, 0.15) is 6.92 Å². The summed E-state index contributed by atoms with van der Waals surface area (Å²) in [6, 6.07) is -0.841. The Morgan fingerprint density at radius 1 is 1.11 bits per heavy atom. The fourth-order valence-electron chi connectivity index (χ4n) is 0.994. The van der Waals surface area contributed by atoms with Crippen LogP contribution in [-0.2, 0) is 23.9 Å². The van der Waals surface area contributed by atoms with Gasteiger partial charge in [-0.15, -0.1) is 0 Å². The molecule has 0 aliphatic rings. The minimum atomic E-state index is -0.841. The molecule has 19 heavy (non-hydrogen) atoms. The summed E-state index contributed by atoms with van der Waals surface area (Å²) >= 11 is 0. The minimum Gasteiger partial charge on any atom is -0.468 e. The van der Waals surface area contributed by atoms with Crippen LogP contribution in [-0.4, -0.2) is 56.5 Å². The first kappa shape index (κ1) is 16.8. The Morgan fingerprint density at radius 3 is 2.26 bits per heavy atom. The Balaban J connectivity index is 3.97. The molecular weight excluding hydrogens is 256 g/mol. The number of rotatable bonds is 7. The summed E-state index contributed by atoms with van der Waals surface area (Å²) in [6.07, 6.45) is 0. The first-order chi connectivity index (χ1) is 8.90. The summed E-state index contributed by atoms with van der Waals surface area (Å²) < 4.78 is 4.34. The second-order valence-electron chi connectivity index (χ2n) is 3.56. The zero-order chi connectivity index (χ0) is 14.8. The number of amides is 3. The molecule has 0 aliphatic heterocycles. The van der Waals surface area contributed by atoms with Gasteiger partial charge in [0.25, 0.3) is 0 Å². The Kier molecular flexibility index (Phi) is 7.85. The maximum absolute atomic E-state index is 11.5. The number of esters is 1. The molecule has 0 fully saturated rings. The fraction of sp³-hybridized carbons (Fsp3) is 0.600. The van der Waals surface area contributed by atoms with Crippen molar-refractivity contribution in [3.05, 3.63) is 0 Å². The van der Waals surface area contributed by atoms with Crippen molar-refractivity contribution < 1.29 is 23.9 Å². The molecule has 0 rings (SSSR count). The molecule has 0 aromatic carbocycles. The third-order valence-corrected chi connectivity index (χ3v) is 2.04. The second-order valence-corrected chi connectivity index (χ2v) is 3.56. The number of hydrogen-bond acceptors (Lipinski definition) is 6. The van der Waals surface area contributed by atoms with Crippen LogP contribution in [0.3, 0.4) is 0 Å². The third-order valence-electron chi connectivity index (χ3n) is 2.04. The van der Waals surface area contributed by atoms with Crippen molar-refractivity contribution in [2.24, 2.45) is 5.73 Å². The molecule has 0 aromatic heterocycles. The van der Waals surface area contributed by atoms with E-state index in [0.29, 0.717) is 0 Å². The van der Waals surface area contributed by atoms with E-state index in [1.807, 2.05) is 0 Å². The standard InChI is InChI=1S/C10H18N4O5/c1-6(10(18)13-5-9(17)19-2)14-8(16)4-12-7(15)3-11/h6H,3-5,11H2,1-2H3,(H,12,15)(H,13,18)(H,14,16). The molecule has 0 bridgehead atoms. The van der Waals surface area contributed by atoms with Crippen molar-refractivity contribution in [2.45, 2.75) is 13.0 Å². The van der Waals surface area contributed by atoms with Crippen molar-refractivity contribution >= 4 is 23.7 Å². The molecule has 108 valence electrons. The maximum atomic E-state index is 11.5. The van der Waals surface area contributed by atoms with Crippen LogP contribution in [0.5, 0.6) is 0 Å². The normalized spacial score (nSPS) is 11.1. The molecule has 9 nitrogen and oxygen atoms in total. The van der Waals surface area contributed by atoms with Gasteiger partial charge in [0, 0.05) is 0 Å². The van der Waals surface area contributed by atoms with Crippen LogP contribution in [0.2, 0.25) is 0 Å². The molecule has 1 unspecified atom stereocenters. The smallest absolute Gasteiger partial charge is 0.325 e. The first-order valence-electron chi connectivity index (χ1n) is 5.51. The van der Waals surface area contributed by atoms with E-state index in [9.17, 15) is 19.2 Å². The topological polar surface area (TPSA) is 140 Å². The zero-order valence-corrected chi connectivity index (χ0v) is 10.8. The fourth-order valence-corrected chi connectivity index (χ4v) is 0.994. The lowest BCUT2D eigenvalue weighted by Gasteiger charge is -2.13. The average molecular weight is 274 g/mol. The summed E-state index contributed by atoms with van der Waals surface area (Å²) in [5.41, 5.74) is 5.04. The van der Waals surface area contributed by atoms with E-state index >= 15 is 0 Å². The van der Waals surface area contributed by atoms with E-state index in [2.05, 4.69) is 20.7 Å². The Bertz CT molecular complexity index is 358. The maximum Gasteiger partial charge on any atom is 0.325 e. The average Bonchev–Trinajstić information content (AvgIpc) is 2.41. The number of ether oxygens (including phenoxy) is 1. The van der Waals surface area contributed by atoms with Gasteiger partial charge in [-0.2, -0.15) is 0 Å². The highest BCUT2D eigenvalue weighted by molar-refractivity contribution is 5.91. The molecule has 0 saturated heterocycles. The number of methoxy groups -OCH3 is 1. The van der Waals surface area contributed by atoms with Crippen LogP contribution in [0.4, 0.5) is 0 Å². The van der Waals surface area contributed by atoms with Crippen molar-refractivity contribution in [1.82, 2.24) is 16.0 Å². The minimum absolute atomic E-state index is 0.220. The Morgan fingerprint density at radius 2 is 1.74 bits per heavy atom. The van der Waals surface area contributed by atoms with Crippen molar-refractivity contribution in [3.63, 3.8) is 0 Å². The summed E-state index contributed by atoms with van der Waals surface area (Å²) in [5.74, 6) is -2.15. The highest BCUT2D eigenvalue weighted by Crippen LogP contribution is 1.82. The molecule has 9 heteroatoms. The molecule has 3 amide bonds. The van der Waals surface area contributed by atoms with E-state index in [4.69, 9.17) is 5.73 Å². The molecule has 0 spiro atoms. The highest BCUT2D eigenvalue weighted by Gasteiger charge is 2.16. The molecule has 1 atom stereocenters. The van der Waals surface area contributed by atoms with Gasteiger partial charge >= 0.3 is 5.97 Å². The number of hydrogen-bond donors (Lipinski definition) is 4. The van der Waals surface area contributed by atoms with Crippen molar-refractivity contribution in [2.75, 3.05) is 26.7 Å². The third kappa shape index (κ3) is 7.71. The van der Waals surface area contributed by atoms with Crippen LogP contribution in [0.25, 0.3) is 0 Å². The van der Waals surface area contributed by atoms with E-state index in [-0.39, 0.29) is 19.6 Å². The molecule has 0 aliphatic carbocycles. The van der Waals surface area contributed by atoms with Crippen LogP contribution in [0, 0.1) is 0 Å². The molecule has 0 heterocycles. The Hall–Kier alpha value is -2.16. The lowest BCUT2D eigenvalue weighted by molar-refractivity contribution is -0.141. The molecule has 0 saturated carbocycles. The van der Waals surface area contributed by atoms with Gasteiger partial charge in [0.15, 0.2) is 0 Å². The predicted molar refractivity (Wildman–Crippen MR) is 64.7 cm³/mol. The lowest BCUT2D eigenvalue weighted by atomic mass is 10.3. The summed E-state index contributed by atoms with van der Waals surface area (Å²) in [6.45, 7) is 0.668. The van der Waals surface area contributed by atoms with Crippen molar-refractivity contribution in [3.8, 4) is 0 Å². The number of carbonyl (C=O) groups excluding carboxylic acids is 4. The molecular formula is C10H18N4O5. The SMILES string of the molecule is COC(=O)CNC(=O)C(C)NC(=O)CNC(=O)CN. The van der Waals surface area contributed by atoms with Gasteiger partial charge in [-0.3, -0.25) is 19.2 Å². The van der Waals surface area contributed by atoms with E-state index in [1.165, 1.54) is 14.0 Å². The highest BCUT2D eigenvalue weighted by atomic mass is 16.5. The monoisotopic (exact) mass is 274 g/mol. The predicted octanol–water partition coefficient (Wildman–Crippen LogP) is -3.14. The largest absolute Gasteiger partial charge is 0.468 e. The molecule has 0 radical (unpaired) electrons. The number of carbonyl (C=O) groups is 4. The van der Waals surface area contributed by atoms with Crippen LogP contribution >= 0.6 is 0 Å². The summed E-state index contributed by atoms with van der Waals surface area (Å²) in [5, 5.41) is 6.88. The number of nitrogens with two attached hydrogens (primary N) is 1. The Labute approximate surface area is 110 Å². The number of nitrogens with one attached hydrogen (secondary N) is 3. The molecule has 5 N–H and O–H groups in total. The quantitative estimate of drug-likeness (QED) is 0.362. The van der Waals surface area contributed by atoms with Gasteiger partial charge < -0.3 is 26.4 Å². The van der Waals surface area contributed by atoms with Crippen molar-refractivity contribution in [1.29, 1.82) is 0 Å². The van der Waals surface area contributed by atoms with Gasteiger partial charge in [0.1, 0.15) is 12.6 Å². The van der Waals surface area contributed by atoms with Gasteiger partial charge in [-0.05, 0) is 6.92 Å². The van der Waals surface area contributed by atoms with Gasteiger partial charge in [-0.1, -0.05) is 0 Å². The zero-order valence-electron chi connectivity index (χ0n) is 10.8. The van der Waals surface area contributed by atoms with E-state index < -0.39 is 29.7 Å². The first-order valence-corrected chi connectivity index (χ1v) is 5.51. The summed E-state index contributed by atoms with van der Waals surface area (Å²) in [7, 11) is 1.19.